The Bertz CT molecular complexity index is 3450. The smallest absolute Gasteiger partial charge is 0.208 e. The van der Waals surface area contributed by atoms with Crippen LogP contribution in [0.2, 0.25) is 0 Å². The van der Waals surface area contributed by atoms with Gasteiger partial charge in [0.25, 0.3) is 0 Å². The van der Waals surface area contributed by atoms with Gasteiger partial charge < -0.3 is 30.1 Å². The van der Waals surface area contributed by atoms with E-state index in [4.69, 9.17) is 15.0 Å². The van der Waals surface area contributed by atoms with E-state index in [0.29, 0.717) is 23.0 Å². The second kappa shape index (κ2) is 14.0. The van der Waals surface area contributed by atoms with Gasteiger partial charge in [-0.3, -0.25) is 0 Å². The maximum absolute atomic E-state index is 10.8. The number of hydrogen-bond donors (Lipinski definition) is 5. The molecule has 0 amide bonds. The molecule has 0 unspecified atom stereocenters. The van der Waals surface area contributed by atoms with Crippen LogP contribution in [0.25, 0.3) is 104 Å². The molecular formula is C51H32N4O5S. The van der Waals surface area contributed by atoms with Crippen LogP contribution < -0.4 is 0 Å². The molecule has 0 aliphatic heterocycles. The summed E-state index contributed by atoms with van der Waals surface area (Å²) in [6.07, 6.45) is 0. The number of phenolic OH excluding ortho intramolecular Hbond substituents is 5. The fourth-order valence-electron chi connectivity index (χ4n) is 8.31. The Labute approximate surface area is 351 Å². The third-order valence-electron chi connectivity index (χ3n) is 11.2. The molecule has 11 rings (SSSR count). The molecule has 0 atom stereocenters. The van der Waals surface area contributed by atoms with Crippen molar-refractivity contribution in [1.29, 1.82) is 0 Å². The molecule has 0 bridgehead atoms. The topological polar surface area (TPSA) is 145 Å². The number of nitrogens with zero attached hydrogens (tertiary/aromatic N) is 4. The third kappa shape index (κ3) is 5.80. The standard InChI is InChI=1S/C51H32N4O5S/c56-44-42(45(57)47(59)48(60)46(44)58)31-21-23-39-37(24-31)34-18-10-11-19-38(34)55(39)33-26-36(28-12-4-1-5-13-28)43-35-22-20-32(25-40(35)61-41(43)27-33)51-53-49(29-14-6-2-7-15-29)52-50(54-51)30-16-8-3-9-17-30/h1-27,56-60H. The first-order valence-electron chi connectivity index (χ1n) is 19.5. The van der Waals surface area contributed by atoms with Gasteiger partial charge >= 0.3 is 0 Å². The van der Waals surface area contributed by atoms with E-state index < -0.39 is 28.7 Å². The van der Waals surface area contributed by atoms with Gasteiger partial charge in [-0.25, -0.2) is 15.0 Å². The van der Waals surface area contributed by atoms with Crippen LogP contribution in [0.15, 0.2) is 164 Å². The first-order chi connectivity index (χ1) is 29.8. The number of aromatic hydroxyl groups is 5. The molecule has 11 aromatic rings. The zero-order chi connectivity index (χ0) is 41.4. The normalized spacial score (nSPS) is 11.6. The summed E-state index contributed by atoms with van der Waals surface area (Å²) in [5.74, 6) is -2.56. The monoisotopic (exact) mass is 812 g/mol. The molecule has 61 heavy (non-hydrogen) atoms. The van der Waals surface area contributed by atoms with Gasteiger partial charge in [-0.05, 0) is 53.1 Å². The van der Waals surface area contributed by atoms with E-state index in [1.165, 1.54) is 0 Å². The molecule has 0 radical (unpaired) electrons. The third-order valence-corrected chi connectivity index (χ3v) is 12.3. The largest absolute Gasteiger partial charge is 0.504 e. The SMILES string of the molecule is Oc1c(O)c(O)c(-c2ccc3c(c2)c2ccccc2n3-c2cc(-c3ccccc3)c3c(c2)sc2cc(-c4nc(-c5ccccc5)nc(-c5ccccc5)n4)ccc23)c(O)c1O. The van der Waals surface area contributed by atoms with Crippen LogP contribution in [0.1, 0.15) is 0 Å². The van der Waals surface area contributed by atoms with Crippen LogP contribution in [-0.4, -0.2) is 45.1 Å². The maximum atomic E-state index is 10.8. The first-order valence-corrected chi connectivity index (χ1v) is 20.3. The molecule has 3 aromatic heterocycles. The second-order valence-electron chi connectivity index (χ2n) is 14.8. The minimum absolute atomic E-state index is 0.200. The van der Waals surface area contributed by atoms with Crippen molar-refractivity contribution in [3.8, 4) is 90.9 Å². The predicted octanol–water partition coefficient (Wildman–Crippen LogP) is 12.2. The van der Waals surface area contributed by atoms with Crippen LogP contribution in [0.4, 0.5) is 0 Å². The molecule has 292 valence electrons. The Balaban J connectivity index is 1.12. The Morgan fingerprint density at radius 1 is 0.377 bits per heavy atom. The van der Waals surface area contributed by atoms with Gasteiger partial charge in [-0.2, -0.15) is 0 Å². The van der Waals surface area contributed by atoms with Crippen molar-refractivity contribution in [1.82, 2.24) is 19.5 Å². The van der Waals surface area contributed by atoms with E-state index in [-0.39, 0.29) is 5.56 Å². The Morgan fingerprint density at radius 3 is 1.54 bits per heavy atom. The van der Waals surface area contributed by atoms with Crippen LogP contribution in [-0.2, 0) is 0 Å². The van der Waals surface area contributed by atoms with Crippen molar-refractivity contribution >= 4 is 53.3 Å². The molecular weight excluding hydrogens is 781 g/mol. The minimum Gasteiger partial charge on any atom is -0.504 e. The number of hydrogen-bond acceptors (Lipinski definition) is 9. The number of benzene rings is 8. The molecule has 8 aromatic carbocycles. The highest BCUT2D eigenvalue weighted by Gasteiger charge is 2.26. The molecule has 5 N–H and O–H groups in total. The number of para-hydroxylation sites is 1. The number of rotatable bonds is 6. The van der Waals surface area contributed by atoms with Crippen molar-refractivity contribution in [2.24, 2.45) is 0 Å². The molecule has 0 aliphatic rings. The van der Waals surface area contributed by atoms with Gasteiger partial charge in [-0.1, -0.05) is 127 Å². The van der Waals surface area contributed by atoms with Gasteiger partial charge in [-0.15, -0.1) is 11.3 Å². The van der Waals surface area contributed by atoms with Crippen molar-refractivity contribution < 1.29 is 25.5 Å². The van der Waals surface area contributed by atoms with Crippen molar-refractivity contribution in [2.45, 2.75) is 0 Å². The minimum atomic E-state index is -1.00. The van der Waals surface area contributed by atoms with E-state index in [1.54, 1.807) is 23.5 Å². The quantitative estimate of drug-likeness (QED) is 0.0824. The Morgan fingerprint density at radius 2 is 0.902 bits per heavy atom. The summed E-state index contributed by atoms with van der Waals surface area (Å²) in [5.41, 5.74) is 7.67. The summed E-state index contributed by atoms with van der Waals surface area (Å²) in [4.78, 5) is 14.9. The highest BCUT2D eigenvalue weighted by molar-refractivity contribution is 7.26. The summed E-state index contributed by atoms with van der Waals surface area (Å²) >= 11 is 1.70. The van der Waals surface area contributed by atoms with Crippen molar-refractivity contribution in [2.75, 3.05) is 0 Å². The molecule has 10 heteroatoms. The van der Waals surface area contributed by atoms with E-state index >= 15 is 0 Å². The number of aromatic nitrogens is 4. The van der Waals surface area contributed by atoms with Crippen molar-refractivity contribution in [3.63, 3.8) is 0 Å². The lowest BCUT2D eigenvalue weighted by Gasteiger charge is -2.14. The molecule has 0 aliphatic carbocycles. The number of thiophene rings is 1. The zero-order valence-electron chi connectivity index (χ0n) is 32.0. The van der Waals surface area contributed by atoms with Crippen LogP contribution >= 0.6 is 11.3 Å². The van der Waals surface area contributed by atoms with E-state index in [2.05, 4.69) is 47.0 Å². The van der Waals surface area contributed by atoms with Crippen LogP contribution in [0.3, 0.4) is 0 Å². The predicted molar refractivity (Wildman–Crippen MR) is 243 cm³/mol. The maximum Gasteiger partial charge on any atom is 0.208 e. The lowest BCUT2D eigenvalue weighted by molar-refractivity contribution is 0.330. The van der Waals surface area contributed by atoms with E-state index in [9.17, 15) is 25.5 Å². The van der Waals surface area contributed by atoms with Gasteiger partial charge in [0, 0.05) is 53.3 Å². The lowest BCUT2D eigenvalue weighted by Crippen LogP contribution is -2.00. The Kier molecular flexibility index (Phi) is 8.23. The molecule has 0 saturated heterocycles. The fourth-order valence-corrected chi connectivity index (χ4v) is 9.51. The van der Waals surface area contributed by atoms with E-state index in [0.717, 1.165) is 75.5 Å². The number of fused-ring (bicyclic) bond motifs is 6. The van der Waals surface area contributed by atoms with Crippen LogP contribution in [0, 0.1) is 0 Å². The summed E-state index contributed by atoms with van der Waals surface area (Å²) in [6, 6.07) is 54.5. The first kappa shape index (κ1) is 35.9. The van der Waals surface area contributed by atoms with Gasteiger partial charge in [0.1, 0.15) is 0 Å². The molecule has 0 fully saturated rings. The number of phenols is 5. The lowest BCUT2D eigenvalue weighted by atomic mass is 9.98. The average molecular weight is 813 g/mol. The van der Waals surface area contributed by atoms with E-state index in [1.807, 2.05) is 109 Å². The summed E-state index contributed by atoms with van der Waals surface area (Å²) in [5, 5.41) is 56.3. The molecule has 9 nitrogen and oxygen atoms in total. The highest BCUT2D eigenvalue weighted by Crippen LogP contribution is 2.55. The highest BCUT2D eigenvalue weighted by atomic mass is 32.1. The van der Waals surface area contributed by atoms with Crippen molar-refractivity contribution in [3.05, 3.63) is 164 Å². The zero-order valence-corrected chi connectivity index (χ0v) is 32.8. The van der Waals surface area contributed by atoms with Gasteiger partial charge in [0.2, 0.25) is 17.2 Å². The van der Waals surface area contributed by atoms with Crippen LogP contribution in [0.5, 0.6) is 28.7 Å². The van der Waals surface area contributed by atoms with Gasteiger partial charge in [0.05, 0.1) is 16.6 Å². The summed E-state index contributed by atoms with van der Waals surface area (Å²) < 4.78 is 4.36. The molecule has 0 spiro atoms. The average Bonchev–Trinajstić information content (AvgIpc) is 3.85. The molecule has 3 heterocycles. The molecule has 0 saturated carbocycles. The van der Waals surface area contributed by atoms with Gasteiger partial charge in [0.15, 0.2) is 29.0 Å². The second-order valence-corrected chi connectivity index (χ2v) is 15.9. The summed E-state index contributed by atoms with van der Waals surface area (Å²) in [6.45, 7) is 0. The fraction of sp³-hybridized carbons (Fsp3) is 0. The Hall–Kier alpha value is -8.21. The summed E-state index contributed by atoms with van der Waals surface area (Å²) in [7, 11) is 0.